The fraction of sp³-hybridized carbons (Fsp3) is 0.467. The quantitative estimate of drug-likeness (QED) is 0.555. The lowest BCUT2D eigenvalue weighted by Gasteiger charge is -2.14. The fourth-order valence-corrected chi connectivity index (χ4v) is 2.17. The van der Waals surface area contributed by atoms with Crippen LogP contribution in [-0.4, -0.2) is 44.8 Å². The van der Waals surface area contributed by atoms with E-state index in [-0.39, 0.29) is 12.5 Å². The normalized spacial score (nSPS) is 11.6. The lowest BCUT2D eigenvalue weighted by Crippen LogP contribution is -2.38. The minimum Gasteiger partial charge on any atom is -0.481 e. The highest BCUT2D eigenvalue weighted by molar-refractivity contribution is 9.10. The number of methoxy groups -OCH3 is 1. The minimum atomic E-state index is -0.880. The third-order valence-corrected chi connectivity index (χ3v) is 3.34. The van der Waals surface area contributed by atoms with E-state index >= 15 is 0 Å². The number of rotatable bonds is 8. The molecule has 1 aromatic rings. The van der Waals surface area contributed by atoms with Crippen molar-refractivity contribution in [2.75, 3.05) is 26.9 Å². The average molecular weight is 374 g/mol. The number of benzene rings is 1. The number of ether oxygens (including phenoxy) is 3. The van der Waals surface area contributed by atoms with Crippen LogP contribution in [0.25, 0.3) is 0 Å². The number of carbonyl (C=O) groups is 2. The van der Waals surface area contributed by atoms with Crippen LogP contribution in [0.15, 0.2) is 22.7 Å². The highest BCUT2D eigenvalue weighted by Crippen LogP contribution is 2.25. The Morgan fingerprint density at radius 2 is 2.09 bits per heavy atom. The first-order valence-electron chi connectivity index (χ1n) is 6.79. The molecule has 0 aliphatic carbocycles. The molecule has 0 aliphatic rings. The van der Waals surface area contributed by atoms with E-state index in [1.807, 2.05) is 19.1 Å². The third kappa shape index (κ3) is 6.44. The molecule has 0 unspecified atom stereocenters. The first-order valence-corrected chi connectivity index (χ1v) is 7.58. The van der Waals surface area contributed by atoms with Crippen molar-refractivity contribution in [2.45, 2.75) is 20.0 Å². The molecule has 0 heterocycles. The molecule has 0 radical (unpaired) electrons. The molecule has 22 heavy (non-hydrogen) atoms. The van der Waals surface area contributed by atoms with Crippen LogP contribution >= 0.6 is 15.9 Å². The SMILES string of the molecule is COCCNC(=O)[C@@H](C)OC(=O)COc1ccc(C)cc1Br. The van der Waals surface area contributed by atoms with Gasteiger partial charge < -0.3 is 19.5 Å². The monoisotopic (exact) mass is 373 g/mol. The van der Waals surface area contributed by atoms with E-state index in [9.17, 15) is 9.59 Å². The molecule has 122 valence electrons. The Morgan fingerprint density at radius 3 is 2.73 bits per heavy atom. The van der Waals surface area contributed by atoms with Crippen molar-refractivity contribution in [2.24, 2.45) is 0 Å². The fourth-order valence-electron chi connectivity index (χ4n) is 1.56. The minimum absolute atomic E-state index is 0.267. The molecule has 0 spiro atoms. The van der Waals surface area contributed by atoms with E-state index in [4.69, 9.17) is 14.2 Å². The molecule has 0 fully saturated rings. The molecule has 1 amide bonds. The predicted molar refractivity (Wildman–Crippen MR) is 84.8 cm³/mol. The van der Waals surface area contributed by atoms with E-state index in [2.05, 4.69) is 21.2 Å². The van der Waals surface area contributed by atoms with Gasteiger partial charge in [0.2, 0.25) is 0 Å². The summed E-state index contributed by atoms with van der Waals surface area (Å²) in [7, 11) is 1.54. The van der Waals surface area contributed by atoms with Gasteiger partial charge in [-0.15, -0.1) is 0 Å². The Balaban J connectivity index is 2.37. The molecule has 1 N–H and O–H groups in total. The number of hydrogen-bond donors (Lipinski definition) is 1. The second-order valence-electron chi connectivity index (χ2n) is 4.64. The Hall–Kier alpha value is -1.60. The standard InChI is InChI=1S/C15H20BrNO5/c1-10-4-5-13(12(16)8-10)21-9-14(18)22-11(2)15(19)17-6-7-20-3/h4-5,8,11H,6-7,9H2,1-3H3,(H,17,19)/t11-/m1/s1. The van der Waals surface area contributed by atoms with Crippen LogP contribution in [0.2, 0.25) is 0 Å². The van der Waals surface area contributed by atoms with Gasteiger partial charge >= 0.3 is 5.97 Å². The van der Waals surface area contributed by atoms with Gasteiger partial charge in [-0.1, -0.05) is 6.07 Å². The number of hydrogen-bond acceptors (Lipinski definition) is 5. The number of amides is 1. The molecular formula is C15H20BrNO5. The van der Waals surface area contributed by atoms with Gasteiger partial charge in [-0.25, -0.2) is 4.79 Å². The summed E-state index contributed by atoms with van der Waals surface area (Å²) in [5, 5.41) is 2.59. The van der Waals surface area contributed by atoms with E-state index in [1.165, 1.54) is 14.0 Å². The van der Waals surface area contributed by atoms with Crippen molar-refractivity contribution < 1.29 is 23.8 Å². The molecule has 0 aliphatic heterocycles. The van der Waals surface area contributed by atoms with E-state index < -0.39 is 12.1 Å². The molecule has 1 aromatic carbocycles. The molecule has 0 saturated carbocycles. The van der Waals surface area contributed by atoms with Gasteiger partial charge in [0.25, 0.3) is 5.91 Å². The lowest BCUT2D eigenvalue weighted by molar-refractivity contribution is -0.156. The summed E-state index contributed by atoms with van der Waals surface area (Å²) in [6.07, 6.45) is -0.880. The van der Waals surface area contributed by atoms with Crippen molar-refractivity contribution >= 4 is 27.8 Å². The third-order valence-electron chi connectivity index (χ3n) is 2.72. The average Bonchev–Trinajstić information content (AvgIpc) is 2.46. The van der Waals surface area contributed by atoms with Crippen LogP contribution < -0.4 is 10.1 Å². The van der Waals surface area contributed by atoms with Gasteiger partial charge in [0.05, 0.1) is 11.1 Å². The molecular weight excluding hydrogens is 354 g/mol. The van der Waals surface area contributed by atoms with Gasteiger partial charge in [-0.3, -0.25) is 4.79 Å². The van der Waals surface area contributed by atoms with Crippen LogP contribution in [0.1, 0.15) is 12.5 Å². The molecule has 0 bridgehead atoms. The van der Waals surface area contributed by atoms with Crippen molar-refractivity contribution in [3.05, 3.63) is 28.2 Å². The Labute approximate surface area is 138 Å². The van der Waals surface area contributed by atoms with Crippen molar-refractivity contribution in [3.63, 3.8) is 0 Å². The van der Waals surface area contributed by atoms with Crippen LogP contribution in [0, 0.1) is 6.92 Å². The number of esters is 1. The summed E-state index contributed by atoms with van der Waals surface area (Å²) in [6, 6.07) is 5.51. The molecule has 6 nitrogen and oxygen atoms in total. The first kappa shape index (κ1) is 18.4. The molecule has 1 rings (SSSR count). The molecule has 0 aromatic heterocycles. The van der Waals surface area contributed by atoms with Gasteiger partial charge in [0.1, 0.15) is 5.75 Å². The van der Waals surface area contributed by atoms with Crippen LogP contribution in [-0.2, 0) is 19.1 Å². The molecule has 1 atom stereocenters. The van der Waals surface area contributed by atoms with Crippen molar-refractivity contribution in [1.82, 2.24) is 5.32 Å². The predicted octanol–water partition coefficient (Wildman–Crippen LogP) is 1.83. The summed E-state index contributed by atoms with van der Waals surface area (Å²) in [5.41, 5.74) is 1.07. The highest BCUT2D eigenvalue weighted by atomic mass is 79.9. The Bertz CT molecular complexity index is 521. The number of halogens is 1. The zero-order chi connectivity index (χ0) is 16.5. The summed E-state index contributed by atoms with van der Waals surface area (Å²) in [6.45, 7) is 3.95. The Kier molecular flexibility index (Phi) is 7.90. The first-order chi connectivity index (χ1) is 10.4. The topological polar surface area (TPSA) is 73.9 Å². The number of carbonyl (C=O) groups excluding carboxylic acids is 2. The second-order valence-corrected chi connectivity index (χ2v) is 5.49. The summed E-state index contributed by atoms with van der Waals surface area (Å²) in [4.78, 5) is 23.3. The van der Waals surface area contributed by atoms with E-state index in [1.54, 1.807) is 6.07 Å². The van der Waals surface area contributed by atoms with E-state index in [0.717, 1.165) is 10.0 Å². The number of aryl methyl sites for hydroxylation is 1. The van der Waals surface area contributed by atoms with Gasteiger partial charge in [0.15, 0.2) is 12.7 Å². The maximum atomic E-state index is 11.7. The van der Waals surface area contributed by atoms with Crippen LogP contribution in [0.4, 0.5) is 0 Å². The van der Waals surface area contributed by atoms with Crippen LogP contribution in [0.5, 0.6) is 5.75 Å². The zero-order valence-corrected chi connectivity index (χ0v) is 14.4. The smallest absolute Gasteiger partial charge is 0.344 e. The molecule has 7 heteroatoms. The number of nitrogens with one attached hydrogen (secondary N) is 1. The van der Waals surface area contributed by atoms with Crippen LogP contribution in [0.3, 0.4) is 0 Å². The second kappa shape index (κ2) is 9.42. The van der Waals surface area contributed by atoms with Gasteiger partial charge in [-0.05, 0) is 47.5 Å². The van der Waals surface area contributed by atoms with Gasteiger partial charge in [0, 0.05) is 13.7 Å². The summed E-state index contributed by atoms with van der Waals surface area (Å²) >= 11 is 3.35. The van der Waals surface area contributed by atoms with Gasteiger partial charge in [-0.2, -0.15) is 0 Å². The Morgan fingerprint density at radius 1 is 1.36 bits per heavy atom. The highest BCUT2D eigenvalue weighted by Gasteiger charge is 2.17. The zero-order valence-electron chi connectivity index (χ0n) is 12.8. The van der Waals surface area contributed by atoms with Crippen molar-refractivity contribution in [1.29, 1.82) is 0 Å². The lowest BCUT2D eigenvalue weighted by atomic mass is 10.2. The maximum Gasteiger partial charge on any atom is 0.344 e. The largest absolute Gasteiger partial charge is 0.481 e. The van der Waals surface area contributed by atoms with E-state index in [0.29, 0.717) is 18.9 Å². The maximum absolute atomic E-state index is 11.7. The molecule has 0 saturated heterocycles. The summed E-state index contributed by atoms with van der Waals surface area (Å²) < 4.78 is 15.9. The van der Waals surface area contributed by atoms with Crippen molar-refractivity contribution in [3.8, 4) is 5.75 Å². The summed E-state index contributed by atoms with van der Waals surface area (Å²) in [5.74, 6) is -0.441.